The predicted octanol–water partition coefficient (Wildman–Crippen LogP) is 6.39. The lowest BCUT2D eigenvalue weighted by molar-refractivity contribution is -0.113. The topological polar surface area (TPSA) is 86.2 Å². The third-order valence-corrected chi connectivity index (χ3v) is 6.06. The summed E-state index contributed by atoms with van der Waals surface area (Å²) in [6, 6.07) is 22.3. The van der Waals surface area contributed by atoms with Crippen LogP contribution in [0.5, 0.6) is 11.5 Å². The van der Waals surface area contributed by atoms with Crippen LogP contribution in [-0.4, -0.2) is 40.1 Å². The van der Waals surface area contributed by atoms with Crippen LogP contribution in [-0.2, 0) is 4.79 Å². The molecule has 0 radical (unpaired) electrons. The molecule has 9 heteroatoms. The van der Waals surface area contributed by atoms with Gasteiger partial charge in [-0.15, -0.1) is 10.2 Å². The first kappa shape index (κ1) is 25.5. The molecule has 184 valence electrons. The second kappa shape index (κ2) is 12.4. The fourth-order valence-corrected chi connectivity index (χ4v) is 4.19. The summed E-state index contributed by atoms with van der Waals surface area (Å²) < 4.78 is 11.1. The number of aromatic nitrogens is 3. The number of halogens is 1. The molecule has 3 aromatic carbocycles. The minimum Gasteiger partial charge on any atom is -0.494 e. The first-order chi connectivity index (χ1) is 17.6. The number of rotatable bonds is 10. The van der Waals surface area contributed by atoms with E-state index in [0.29, 0.717) is 40.5 Å². The lowest BCUT2D eigenvalue weighted by atomic mass is 10.0. The number of hydrogen-bond acceptors (Lipinski definition) is 7. The van der Waals surface area contributed by atoms with E-state index in [1.54, 1.807) is 24.3 Å². The maximum Gasteiger partial charge on any atom is 0.234 e. The molecule has 0 saturated heterocycles. The Morgan fingerprint density at radius 1 is 0.861 bits per heavy atom. The van der Waals surface area contributed by atoms with Crippen LogP contribution in [0.1, 0.15) is 13.8 Å². The molecular weight excluding hydrogens is 496 g/mol. The molecule has 1 N–H and O–H groups in total. The molecule has 0 fully saturated rings. The van der Waals surface area contributed by atoms with Crippen LogP contribution in [0, 0.1) is 0 Å². The van der Waals surface area contributed by atoms with Crippen LogP contribution < -0.4 is 14.8 Å². The Bertz CT molecular complexity index is 1320. The number of anilines is 1. The predicted molar refractivity (Wildman–Crippen MR) is 144 cm³/mol. The van der Waals surface area contributed by atoms with Crippen LogP contribution in [0.15, 0.2) is 78.0 Å². The number of hydrogen-bond donors (Lipinski definition) is 1. The molecule has 1 aromatic heterocycles. The zero-order valence-electron chi connectivity index (χ0n) is 19.9. The lowest BCUT2D eigenvalue weighted by Crippen LogP contribution is -2.14. The van der Waals surface area contributed by atoms with Crippen LogP contribution in [0.3, 0.4) is 0 Å². The standard InChI is InChI=1S/C27H25ClN4O3S/c1-3-34-22-12-8-18(9-13-22)25-26(19-10-14-23(15-11-19)35-4-2)31-32-27(30-25)36-17-24(33)29-21-7-5-6-20(28)16-21/h5-16H,3-4,17H2,1-2H3,(H,29,33). The number of amides is 1. The number of ether oxygens (including phenoxy) is 2. The van der Waals surface area contributed by atoms with E-state index in [4.69, 9.17) is 26.1 Å². The molecule has 1 heterocycles. The molecule has 0 bridgehead atoms. The lowest BCUT2D eigenvalue weighted by Gasteiger charge is -2.11. The SMILES string of the molecule is CCOc1ccc(-c2nnc(SCC(=O)Nc3cccc(Cl)c3)nc2-c2ccc(OCC)cc2)cc1. The van der Waals surface area contributed by atoms with Gasteiger partial charge < -0.3 is 14.8 Å². The molecule has 0 spiro atoms. The summed E-state index contributed by atoms with van der Waals surface area (Å²) >= 11 is 7.20. The van der Waals surface area contributed by atoms with Crippen LogP contribution in [0.4, 0.5) is 5.69 Å². The molecule has 0 aliphatic rings. The molecule has 0 atom stereocenters. The third kappa shape index (κ3) is 6.74. The smallest absolute Gasteiger partial charge is 0.234 e. The number of nitrogens with one attached hydrogen (secondary N) is 1. The summed E-state index contributed by atoms with van der Waals surface area (Å²) in [4.78, 5) is 17.2. The van der Waals surface area contributed by atoms with E-state index >= 15 is 0 Å². The van der Waals surface area contributed by atoms with Gasteiger partial charge in [-0.3, -0.25) is 4.79 Å². The van der Waals surface area contributed by atoms with E-state index in [-0.39, 0.29) is 11.7 Å². The minimum absolute atomic E-state index is 0.124. The number of thioether (sulfide) groups is 1. The Labute approximate surface area is 219 Å². The first-order valence-corrected chi connectivity index (χ1v) is 12.8. The summed E-state index contributed by atoms with van der Waals surface area (Å²) in [6.45, 7) is 5.07. The molecule has 1 amide bonds. The van der Waals surface area contributed by atoms with Gasteiger partial charge in [-0.25, -0.2) is 4.98 Å². The summed E-state index contributed by atoms with van der Waals surface area (Å²) in [5.74, 6) is 1.49. The fourth-order valence-electron chi connectivity index (χ4n) is 3.41. The van der Waals surface area contributed by atoms with Crippen LogP contribution in [0.2, 0.25) is 5.02 Å². The van der Waals surface area contributed by atoms with Gasteiger partial charge in [-0.1, -0.05) is 29.4 Å². The third-order valence-electron chi connectivity index (χ3n) is 4.99. The van der Waals surface area contributed by atoms with Crippen molar-refractivity contribution in [1.82, 2.24) is 15.2 Å². The number of carbonyl (C=O) groups excluding carboxylic acids is 1. The van der Waals surface area contributed by atoms with Crippen molar-refractivity contribution in [2.45, 2.75) is 19.0 Å². The van der Waals surface area contributed by atoms with Gasteiger partial charge in [0.25, 0.3) is 0 Å². The Hall–Kier alpha value is -3.62. The van der Waals surface area contributed by atoms with Crippen molar-refractivity contribution in [3.8, 4) is 34.0 Å². The minimum atomic E-state index is -0.191. The molecule has 7 nitrogen and oxygen atoms in total. The number of benzene rings is 3. The van der Waals surface area contributed by atoms with Crippen molar-refractivity contribution in [3.05, 3.63) is 77.8 Å². The average Bonchev–Trinajstić information content (AvgIpc) is 2.89. The number of nitrogens with zero attached hydrogens (tertiary/aromatic N) is 3. The van der Waals surface area contributed by atoms with Crippen molar-refractivity contribution in [1.29, 1.82) is 0 Å². The van der Waals surface area contributed by atoms with Gasteiger partial charge in [-0.2, -0.15) is 0 Å². The highest BCUT2D eigenvalue weighted by atomic mass is 35.5. The van der Waals surface area contributed by atoms with E-state index in [1.165, 1.54) is 11.8 Å². The van der Waals surface area contributed by atoms with Crippen LogP contribution in [0.25, 0.3) is 22.5 Å². The molecule has 4 rings (SSSR count). The van der Waals surface area contributed by atoms with E-state index < -0.39 is 0 Å². The maximum absolute atomic E-state index is 12.4. The van der Waals surface area contributed by atoms with Gasteiger partial charge in [0.1, 0.15) is 22.9 Å². The van der Waals surface area contributed by atoms with Crippen molar-refractivity contribution in [3.63, 3.8) is 0 Å². The summed E-state index contributed by atoms with van der Waals surface area (Å²) in [7, 11) is 0. The molecule has 0 saturated carbocycles. The molecule has 0 aliphatic heterocycles. The first-order valence-electron chi connectivity index (χ1n) is 11.4. The molecule has 36 heavy (non-hydrogen) atoms. The van der Waals surface area contributed by atoms with Crippen molar-refractivity contribution in [2.75, 3.05) is 24.3 Å². The largest absolute Gasteiger partial charge is 0.494 e. The summed E-state index contributed by atoms with van der Waals surface area (Å²) in [6.07, 6.45) is 0. The highest BCUT2D eigenvalue weighted by molar-refractivity contribution is 7.99. The average molecular weight is 521 g/mol. The van der Waals surface area contributed by atoms with Crippen LogP contribution >= 0.6 is 23.4 Å². The number of carbonyl (C=O) groups is 1. The Morgan fingerprint density at radius 2 is 1.47 bits per heavy atom. The van der Waals surface area contributed by atoms with Gasteiger partial charge in [-0.05, 0) is 80.6 Å². The Morgan fingerprint density at radius 3 is 2.06 bits per heavy atom. The zero-order chi connectivity index (χ0) is 25.3. The van der Waals surface area contributed by atoms with E-state index in [9.17, 15) is 4.79 Å². The quantitative estimate of drug-likeness (QED) is 0.242. The second-order valence-electron chi connectivity index (χ2n) is 7.55. The Kier molecular flexibility index (Phi) is 8.76. The van der Waals surface area contributed by atoms with Gasteiger partial charge in [0, 0.05) is 21.8 Å². The van der Waals surface area contributed by atoms with Gasteiger partial charge >= 0.3 is 0 Å². The zero-order valence-corrected chi connectivity index (χ0v) is 21.5. The normalized spacial score (nSPS) is 10.6. The Balaban J connectivity index is 1.58. The van der Waals surface area contributed by atoms with Crippen molar-refractivity contribution in [2.24, 2.45) is 0 Å². The van der Waals surface area contributed by atoms with Gasteiger partial charge in [0.15, 0.2) is 0 Å². The van der Waals surface area contributed by atoms with E-state index in [2.05, 4.69) is 15.5 Å². The van der Waals surface area contributed by atoms with Gasteiger partial charge in [0.2, 0.25) is 11.1 Å². The van der Waals surface area contributed by atoms with Crippen molar-refractivity contribution < 1.29 is 14.3 Å². The van der Waals surface area contributed by atoms with Crippen molar-refractivity contribution >= 4 is 35.0 Å². The molecule has 0 unspecified atom stereocenters. The monoisotopic (exact) mass is 520 g/mol. The van der Waals surface area contributed by atoms with Gasteiger partial charge in [0.05, 0.1) is 19.0 Å². The maximum atomic E-state index is 12.4. The highest BCUT2D eigenvalue weighted by Crippen LogP contribution is 2.32. The highest BCUT2D eigenvalue weighted by Gasteiger charge is 2.15. The molecule has 0 aliphatic carbocycles. The second-order valence-corrected chi connectivity index (χ2v) is 8.93. The fraction of sp³-hybridized carbons (Fsp3) is 0.185. The molecule has 4 aromatic rings. The summed E-state index contributed by atoms with van der Waals surface area (Å²) in [5.41, 5.74) is 3.65. The molecular formula is C27H25ClN4O3S. The van der Waals surface area contributed by atoms with E-state index in [1.807, 2.05) is 62.4 Å². The van der Waals surface area contributed by atoms with E-state index in [0.717, 1.165) is 22.6 Å². The summed E-state index contributed by atoms with van der Waals surface area (Å²) in [5, 5.41) is 12.5.